The molecule has 1 N–H and O–H groups in total. The lowest BCUT2D eigenvalue weighted by atomic mass is 9.96. The summed E-state index contributed by atoms with van der Waals surface area (Å²) in [7, 11) is 3.68. The Labute approximate surface area is 186 Å². The third-order valence-electron chi connectivity index (χ3n) is 6.77. The molecule has 3 fully saturated rings. The molecular formula is C22H35IN4O. The molecule has 1 aromatic carbocycles. The highest BCUT2D eigenvalue weighted by Crippen LogP contribution is 2.51. The molecular weight excluding hydrogens is 463 g/mol. The Kier molecular flexibility index (Phi) is 7.12. The molecule has 2 aliphatic heterocycles. The molecule has 1 saturated carbocycles. The van der Waals surface area contributed by atoms with Crippen molar-refractivity contribution < 1.29 is 4.74 Å². The molecule has 2 heterocycles. The summed E-state index contributed by atoms with van der Waals surface area (Å²) in [6.45, 7) is 8.43. The van der Waals surface area contributed by atoms with Crippen LogP contribution in [0.5, 0.6) is 5.75 Å². The van der Waals surface area contributed by atoms with Gasteiger partial charge in [0.15, 0.2) is 5.96 Å². The van der Waals surface area contributed by atoms with Gasteiger partial charge in [0.25, 0.3) is 0 Å². The maximum atomic E-state index is 5.60. The second kappa shape index (κ2) is 9.20. The molecule has 1 aromatic rings. The van der Waals surface area contributed by atoms with Gasteiger partial charge < -0.3 is 19.9 Å². The molecule has 0 aromatic heterocycles. The van der Waals surface area contributed by atoms with Crippen LogP contribution in [0.25, 0.3) is 0 Å². The second-order valence-corrected chi connectivity index (χ2v) is 8.67. The van der Waals surface area contributed by atoms with Crippen molar-refractivity contribution in [2.75, 3.05) is 46.9 Å². The third kappa shape index (κ3) is 4.42. The number of hydrogen-bond donors (Lipinski definition) is 1. The molecule has 0 radical (unpaired) electrons. The summed E-state index contributed by atoms with van der Waals surface area (Å²) in [5.41, 5.74) is 1.42. The van der Waals surface area contributed by atoms with Crippen molar-refractivity contribution in [1.82, 2.24) is 15.1 Å². The van der Waals surface area contributed by atoms with E-state index in [-0.39, 0.29) is 29.4 Å². The number of rotatable bonds is 5. The number of aliphatic imine (C=N–C) groups is 1. The van der Waals surface area contributed by atoms with Crippen LogP contribution in [0.1, 0.15) is 38.2 Å². The van der Waals surface area contributed by atoms with Gasteiger partial charge in [-0.15, -0.1) is 24.0 Å². The van der Waals surface area contributed by atoms with Crippen molar-refractivity contribution in [3.63, 3.8) is 0 Å². The lowest BCUT2D eigenvalue weighted by Gasteiger charge is -2.24. The van der Waals surface area contributed by atoms with E-state index in [4.69, 9.17) is 4.74 Å². The van der Waals surface area contributed by atoms with E-state index in [2.05, 4.69) is 45.2 Å². The van der Waals surface area contributed by atoms with E-state index in [1.54, 1.807) is 7.11 Å². The molecule has 0 bridgehead atoms. The van der Waals surface area contributed by atoms with E-state index in [0.29, 0.717) is 6.04 Å². The highest BCUT2D eigenvalue weighted by Gasteiger charge is 2.53. The summed E-state index contributed by atoms with van der Waals surface area (Å²) in [6.07, 6.45) is 5.16. The van der Waals surface area contributed by atoms with Gasteiger partial charge in [-0.2, -0.15) is 0 Å². The van der Waals surface area contributed by atoms with Gasteiger partial charge in [0, 0.05) is 43.7 Å². The number of nitrogens with one attached hydrogen (secondary N) is 1. The van der Waals surface area contributed by atoms with Crippen LogP contribution in [-0.4, -0.2) is 68.7 Å². The van der Waals surface area contributed by atoms with Crippen molar-refractivity contribution in [2.45, 2.75) is 44.1 Å². The number of nitrogens with zero attached hydrogens (tertiary/aromatic N) is 3. The summed E-state index contributed by atoms with van der Waals surface area (Å²) < 4.78 is 5.60. The van der Waals surface area contributed by atoms with Crippen molar-refractivity contribution in [3.05, 3.63) is 29.8 Å². The molecule has 4 rings (SSSR count). The number of halogens is 1. The van der Waals surface area contributed by atoms with Crippen LogP contribution < -0.4 is 10.1 Å². The van der Waals surface area contributed by atoms with Gasteiger partial charge in [-0.05, 0) is 50.8 Å². The topological polar surface area (TPSA) is 40.1 Å². The number of ether oxygens (including phenoxy) is 1. The largest absolute Gasteiger partial charge is 0.496 e. The summed E-state index contributed by atoms with van der Waals surface area (Å²) in [4.78, 5) is 9.71. The zero-order valence-electron chi connectivity index (χ0n) is 17.5. The van der Waals surface area contributed by atoms with Crippen molar-refractivity contribution in [2.24, 2.45) is 10.9 Å². The maximum Gasteiger partial charge on any atom is 0.193 e. The van der Waals surface area contributed by atoms with E-state index < -0.39 is 0 Å². The summed E-state index contributed by atoms with van der Waals surface area (Å²) >= 11 is 0. The standard InChI is InChI=1S/C22H34N4O.HI/c1-22(18-8-4-5-9-19(18)27-3)14-20(22)24-21(23-2)26-13-10-17(16-26)15-25-11-6-7-12-25;/h4-5,8-9,17,20H,6-7,10-16H2,1-3H3,(H,23,24);1H. The minimum absolute atomic E-state index is 0. The fraction of sp³-hybridized carbons (Fsp3) is 0.682. The zero-order chi connectivity index (χ0) is 18.9. The molecule has 0 amide bonds. The van der Waals surface area contributed by atoms with Gasteiger partial charge in [0.1, 0.15) is 5.75 Å². The van der Waals surface area contributed by atoms with Gasteiger partial charge in [-0.25, -0.2) is 0 Å². The quantitative estimate of drug-likeness (QED) is 0.384. The summed E-state index contributed by atoms with van der Waals surface area (Å²) in [5, 5.41) is 3.74. The summed E-state index contributed by atoms with van der Waals surface area (Å²) in [6, 6.07) is 8.83. The van der Waals surface area contributed by atoms with Gasteiger partial charge in [-0.1, -0.05) is 25.1 Å². The first-order valence-corrected chi connectivity index (χ1v) is 10.5. The summed E-state index contributed by atoms with van der Waals surface area (Å²) in [5.74, 6) is 2.84. The first kappa shape index (κ1) is 21.7. The molecule has 3 atom stereocenters. The van der Waals surface area contributed by atoms with Gasteiger partial charge in [-0.3, -0.25) is 4.99 Å². The smallest absolute Gasteiger partial charge is 0.193 e. The molecule has 28 heavy (non-hydrogen) atoms. The molecule has 5 nitrogen and oxygen atoms in total. The monoisotopic (exact) mass is 498 g/mol. The van der Waals surface area contributed by atoms with Gasteiger partial charge in [0.2, 0.25) is 0 Å². The Balaban J connectivity index is 0.00000225. The Morgan fingerprint density at radius 1 is 1.25 bits per heavy atom. The van der Waals surface area contributed by atoms with E-state index in [1.165, 1.54) is 44.5 Å². The predicted molar refractivity (Wildman–Crippen MR) is 126 cm³/mol. The highest BCUT2D eigenvalue weighted by atomic mass is 127. The van der Waals surface area contributed by atoms with E-state index in [1.807, 2.05) is 13.1 Å². The number of para-hydroxylation sites is 1. The third-order valence-corrected chi connectivity index (χ3v) is 6.77. The molecule has 2 saturated heterocycles. The lowest BCUT2D eigenvalue weighted by Crippen LogP contribution is -2.43. The normalized spacial score (nSPS) is 30.2. The van der Waals surface area contributed by atoms with Gasteiger partial charge in [0.05, 0.1) is 7.11 Å². The van der Waals surface area contributed by atoms with Crippen molar-refractivity contribution >= 4 is 29.9 Å². The Morgan fingerprint density at radius 3 is 2.71 bits per heavy atom. The number of benzene rings is 1. The molecule has 6 heteroatoms. The average molecular weight is 498 g/mol. The maximum absolute atomic E-state index is 5.60. The van der Waals surface area contributed by atoms with Crippen LogP contribution in [0.2, 0.25) is 0 Å². The van der Waals surface area contributed by atoms with Crippen LogP contribution in [0.3, 0.4) is 0 Å². The van der Waals surface area contributed by atoms with E-state index in [0.717, 1.165) is 37.1 Å². The van der Waals surface area contributed by atoms with Crippen LogP contribution in [0, 0.1) is 5.92 Å². The fourth-order valence-corrected chi connectivity index (χ4v) is 4.95. The van der Waals surface area contributed by atoms with Gasteiger partial charge >= 0.3 is 0 Å². The highest BCUT2D eigenvalue weighted by molar-refractivity contribution is 14.0. The Hall–Kier alpha value is -1.02. The predicted octanol–water partition coefficient (Wildman–Crippen LogP) is 3.34. The lowest BCUT2D eigenvalue weighted by molar-refractivity contribution is 0.281. The molecule has 0 spiro atoms. The Bertz CT molecular complexity index is 691. The van der Waals surface area contributed by atoms with Crippen LogP contribution in [0.15, 0.2) is 29.3 Å². The molecule has 156 valence electrons. The number of hydrogen-bond acceptors (Lipinski definition) is 3. The fourth-order valence-electron chi connectivity index (χ4n) is 4.95. The SMILES string of the molecule is CN=C(NC1CC1(C)c1ccccc1OC)N1CCC(CN2CCCC2)C1.I. The number of guanidine groups is 1. The van der Waals surface area contributed by atoms with Crippen molar-refractivity contribution in [1.29, 1.82) is 0 Å². The average Bonchev–Trinajstić information content (AvgIpc) is 3.08. The van der Waals surface area contributed by atoms with Crippen LogP contribution >= 0.6 is 24.0 Å². The van der Waals surface area contributed by atoms with E-state index >= 15 is 0 Å². The Morgan fingerprint density at radius 2 is 2.00 bits per heavy atom. The van der Waals surface area contributed by atoms with E-state index in [9.17, 15) is 0 Å². The second-order valence-electron chi connectivity index (χ2n) is 8.67. The van der Waals surface area contributed by atoms with Crippen molar-refractivity contribution in [3.8, 4) is 5.75 Å². The minimum atomic E-state index is 0. The first-order chi connectivity index (χ1) is 13.1. The van der Waals surface area contributed by atoms with Crippen LogP contribution in [-0.2, 0) is 5.41 Å². The number of methoxy groups -OCH3 is 1. The first-order valence-electron chi connectivity index (χ1n) is 10.5. The number of likely N-dealkylation sites (tertiary alicyclic amines) is 2. The molecule has 1 aliphatic carbocycles. The minimum Gasteiger partial charge on any atom is -0.496 e. The van der Waals surface area contributed by atoms with Crippen LogP contribution in [0.4, 0.5) is 0 Å². The molecule has 3 unspecified atom stereocenters. The zero-order valence-corrected chi connectivity index (χ0v) is 19.8. The molecule has 3 aliphatic rings.